The molecule has 0 saturated heterocycles. The molecule has 2 aromatic carbocycles. The van der Waals surface area contributed by atoms with Crippen molar-refractivity contribution in [3.63, 3.8) is 0 Å². The number of nitrogens with one attached hydrogen (secondary N) is 1. The van der Waals surface area contributed by atoms with Crippen LogP contribution in [0.3, 0.4) is 0 Å². The Hall–Kier alpha value is -2.24. The molecule has 3 rings (SSSR count). The van der Waals surface area contributed by atoms with Gasteiger partial charge in [0.1, 0.15) is 0 Å². The van der Waals surface area contributed by atoms with Crippen molar-refractivity contribution in [2.24, 2.45) is 0 Å². The third kappa shape index (κ3) is 5.37. The summed E-state index contributed by atoms with van der Waals surface area (Å²) >= 11 is 6.29. The average Bonchev–Trinajstić information content (AvgIpc) is 2.91. The molecule has 0 spiro atoms. The van der Waals surface area contributed by atoms with Crippen molar-refractivity contribution in [2.45, 2.75) is 32.9 Å². The fourth-order valence-corrected chi connectivity index (χ4v) is 3.20. The molecule has 1 aliphatic heterocycles. The number of carbonyl (C=O) groups is 1. The minimum absolute atomic E-state index is 0.0771. The Morgan fingerprint density at radius 1 is 1.19 bits per heavy atom. The number of amides is 1. The number of benzene rings is 2. The first-order valence-corrected chi connectivity index (χ1v) is 9.54. The smallest absolute Gasteiger partial charge is 0.224 e. The van der Waals surface area contributed by atoms with Crippen molar-refractivity contribution in [1.29, 1.82) is 0 Å². The molecule has 0 radical (unpaired) electrons. The Morgan fingerprint density at radius 3 is 2.78 bits per heavy atom. The van der Waals surface area contributed by atoms with Gasteiger partial charge in [-0.05, 0) is 35.7 Å². The Labute approximate surface area is 164 Å². The minimum Gasteiger partial charge on any atom is -0.489 e. The molecule has 0 fully saturated rings. The van der Waals surface area contributed by atoms with Gasteiger partial charge in [0.2, 0.25) is 5.91 Å². The molecule has 0 aromatic heterocycles. The number of fused-ring (bicyclic) bond motifs is 1. The van der Waals surface area contributed by atoms with E-state index in [1.54, 1.807) is 6.07 Å². The Morgan fingerprint density at radius 2 is 1.96 bits per heavy atom. The van der Waals surface area contributed by atoms with Gasteiger partial charge < -0.3 is 19.5 Å². The molecule has 1 aliphatic rings. The molecule has 144 valence electrons. The van der Waals surface area contributed by atoms with Gasteiger partial charge in [-0.25, -0.2) is 0 Å². The predicted molar refractivity (Wildman–Crippen MR) is 104 cm³/mol. The first-order valence-electron chi connectivity index (χ1n) is 9.16. The number of ether oxygens (including phenoxy) is 3. The SMILES string of the molecule is CCOCc1ccccc1CNC(=O)Cc1cc(Cl)c2c(c1)OCCCO2. The molecule has 0 atom stereocenters. The van der Waals surface area contributed by atoms with Gasteiger partial charge in [-0.15, -0.1) is 0 Å². The molecule has 6 heteroatoms. The van der Waals surface area contributed by atoms with E-state index in [4.69, 9.17) is 25.8 Å². The van der Waals surface area contributed by atoms with E-state index >= 15 is 0 Å². The molecular formula is C21H24ClNO4. The van der Waals surface area contributed by atoms with Gasteiger partial charge in [0.15, 0.2) is 11.5 Å². The second kappa shape index (κ2) is 9.62. The Bertz CT molecular complexity index is 794. The second-order valence-corrected chi connectivity index (χ2v) is 6.72. The lowest BCUT2D eigenvalue weighted by molar-refractivity contribution is -0.120. The average molecular weight is 390 g/mol. The zero-order chi connectivity index (χ0) is 19.1. The van der Waals surface area contributed by atoms with Crippen LogP contribution in [0.15, 0.2) is 36.4 Å². The molecule has 27 heavy (non-hydrogen) atoms. The Kier molecular flexibility index (Phi) is 6.96. The van der Waals surface area contributed by atoms with E-state index in [9.17, 15) is 4.79 Å². The second-order valence-electron chi connectivity index (χ2n) is 6.31. The normalized spacial score (nSPS) is 13.1. The lowest BCUT2D eigenvalue weighted by atomic mass is 10.1. The predicted octanol–water partition coefficient (Wildman–Crippen LogP) is 3.90. The largest absolute Gasteiger partial charge is 0.489 e. The molecule has 2 aromatic rings. The van der Waals surface area contributed by atoms with Crippen LogP contribution in [0.25, 0.3) is 0 Å². The quantitative estimate of drug-likeness (QED) is 0.780. The highest BCUT2D eigenvalue weighted by Gasteiger charge is 2.17. The lowest BCUT2D eigenvalue weighted by Crippen LogP contribution is -2.25. The topological polar surface area (TPSA) is 56.8 Å². The monoisotopic (exact) mass is 389 g/mol. The number of hydrogen-bond donors (Lipinski definition) is 1. The van der Waals surface area contributed by atoms with Crippen molar-refractivity contribution in [3.05, 3.63) is 58.1 Å². The van der Waals surface area contributed by atoms with Crippen molar-refractivity contribution in [3.8, 4) is 11.5 Å². The maximum atomic E-state index is 12.4. The van der Waals surface area contributed by atoms with Crippen LogP contribution in [0.5, 0.6) is 11.5 Å². The van der Waals surface area contributed by atoms with Gasteiger partial charge >= 0.3 is 0 Å². The molecule has 5 nitrogen and oxygen atoms in total. The van der Waals surface area contributed by atoms with Crippen molar-refractivity contribution < 1.29 is 19.0 Å². The minimum atomic E-state index is -0.0771. The fraction of sp³-hybridized carbons (Fsp3) is 0.381. The highest BCUT2D eigenvalue weighted by molar-refractivity contribution is 6.32. The van der Waals surface area contributed by atoms with Gasteiger partial charge in [-0.2, -0.15) is 0 Å². The van der Waals surface area contributed by atoms with Crippen LogP contribution in [0, 0.1) is 0 Å². The molecule has 0 unspecified atom stereocenters. The van der Waals surface area contributed by atoms with Crippen molar-refractivity contribution in [2.75, 3.05) is 19.8 Å². The Balaban J connectivity index is 1.62. The zero-order valence-corrected chi connectivity index (χ0v) is 16.2. The summed E-state index contributed by atoms with van der Waals surface area (Å²) < 4.78 is 16.8. The van der Waals surface area contributed by atoms with Crippen molar-refractivity contribution >= 4 is 17.5 Å². The highest BCUT2D eigenvalue weighted by atomic mass is 35.5. The molecule has 0 aliphatic carbocycles. The molecule has 1 N–H and O–H groups in total. The standard InChI is InChI=1S/C21H24ClNO4/c1-2-25-14-17-7-4-3-6-16(17)13-23-20(24)12-15-10-18(22)21-19(11-15)26-8-5-9-27-21/h3-4,6-7,10-11H,2,5,8-9,12-14H2,1H3,(H,23,24). The maximum Gasteiger partial charge on any atom is 0.224 e. The summed E-state index contributed by atoms with van der Waals surface area (Å²) in [5.74, 6) is 1.08. The fourth-order valence-electron chi connectivity index (χ4n) is 2.91. The molecule has 1 heterocycles. The summed E-state index contributed by atoms with van der Waals surface area (Å²) in [4.78, 5) is 12.4. The van der Waals surface area contributed by atoms with Crippen LogP contribution in [-0.4, -0.2) is 25.7 Å². The summed E-state index contributed by atoms with van der Waals surface area (Å²) in [5, 5.41) is 3.44. The van der Waals surface area contributed by atoms with Crippen LogP contribution < -0.4 is 14.8 Å². The third-order valence-electron chi connectivity index (χ3n) is 4.28. The molecule has 1 amide bonds. The van der Waals surface area contributed by atoms with Crippen LogP contribution in [0.4, 0.5) is 0 Å². The van der Waals surface area contributed by atoms with E-state index in [-0.39, 0.29) is 12.3 Å². The van der Waals surface area contributed by atoms with Gasteiger partial charge in [0, 0.05) is 19.6 Å². The molecule has 0 saturated carbocycles. The summed E-state index contributed by atoms with van der Waals surface area (Å²) in [6.07, 6.45) is 1.03. The van der Waals surface area contributed by atoms with Crippen LogP contribution in [0.1, 0.15) is 30.0 Å². The van der Waals surface area contributed by atoms with E-state index < -0.39 is 0 Å². The van der Waals surface area contributed by atoms with E-state index in [1.807, 2.05) is 37.3 Å². The summed E-state index contributed by atoms with van der Waals surface area (Å²) in [5.41, 5.74) is 2.93. The first-order chi connectivity index (χ1) is 13.2. The van der Waals surface area contributed by atoms with E-state index in [2.05, 4.69) is 5.32 Å². The van der Waals surface area contributed by atoms with Crippen LogP contribution >= 0.6 is 11.6 Å². The molecular weight excluding hydrogens is 366 g/mol. The van der Waals surface area contributed by atoms with Gasteiger partial charge in [-0.1, -0.05) is 35.9 Å². The lowest BCUT2D eigenvalue weighted by Gasteiger charge is -2.13. The highest BCUT2D eigenvalue weighted by Crippen LogP contribution is 2.38. The first kappa shape index (κ1) is 19.5. The van der Waals surface area contributed by atoms with Gasteiger partial charge in [0.05, 0.1) is 31.3 Å². The molecule has 0 bridgehead atoms. The van der Waals surface area contributed by atoms with Crippen molar-refractivity contribution in [1.82, 2.24) is 5.32 Å². The van der Waals surface area contributed by atoms with E-state index in [0.717, 1.165) is 23.1 Å². The number of carbonyl (C=O) groups excluding carboxylic acids is 1. The van der Waals surface area contributed by atoms with Crippen LogP contribution in [-0.2, 0) is 29.1 Å². The summed E-state index contributed by atoms with van der Waals surface area (Å²) in [6.45, 7) is 4.78. The maximum absolute atomic E-state index is 12.4. The van der Waals surface area contributed by atoms with Crippen LogP contribution in [0.2, 0.25) is 5.02 Å². The van der Waals surface area contributed by atoms with E-state index in [0.29, 0.717) is 49.5 Å². The number of hydrogen-bond acceptors (Lipinski definition) is 4. The number of rotatable bonds is 7. The van der Waals surface area contributed by atoms with E-state index in [1.165, 1.54) is 0 Å². The van der Waals surface area contributed by atoms with Gasteiger partial charge in [0.25, 0.3) is 0 Å². The third-order valence-corrected chi connectivity index (χ3v) is 4.56. The van der Waals surface area contributed by atoms with Gasteiger partial charge in [-0.3, -0.25) is 4.79 Å². The number of halogens is 1. The summed E-state index contributed by atoms with van der Waals surface area (Å²) in [7, 11) is 0. The zero-order valence-electron chi connectivity index (χ0n) is 15.4. The summed E-state index contributed by atoms with van der Waals surface area (Å²) in [6, 6.07) is 11.5.